The van der Waals surface area contributed by atoms with Crippen molar-refractivity contribution in [2.75, 3.05) is 12.4 Å². The van der Waals surface area contributed by atoms with Crippen molar-refractivity contribution < 1.29 is 27.9 Å². The molecular weight excluding hydrogens is 444 g/mol. The minimum Gasteiger partial charge on any atom is -0.497 e. The Bertz CT molecular complexity index is 1040. The highest BCUT2D eigenvalue weighted by Crippen LogP contribution is 2.25. The molecule has 0 spiro atoms. The molecule has 1 saturated heterocycles. The molecule has 1 fully saturated rings. The number of halogens is 2. The van der Waals surface area contributed by atoms with Crippen LogP contribution in [0.4, 0.5) is 14.5 Å². The lowest BCUT2D eigenvalue weighted by atomic mass is 10.0. The molecule has 0 aromatic heterocycles. The molecule has 182 valence electrons. The van der Waals surface area contributed by atoms with Gasteiger partial charge >= 0.3 is 0 Å². The highest BCUT2D eigenvalue weighted by Gasteiger charge is 2.34. The topological polar surface area (TPSA) is 87.7 Å². The summed E-state index contributed by atoms with van der Waals surface area (Å²) in [7, 11) is 1.55. The summed E-state index contributed by atoms with van der Waals surface area (Å²) >= 11 is 0. The number of rotatable bonds is 9. The lowest BCUT2D eigenvalue weighted by molar-refractivity contribution is -0.131. The molecule has 1 aliphatic rings. The number of methoxy groups -OCH3 is 1. The number of hydrogen-bond donors (Lipinski definition) is 2. The van der Waals surface area contributed by atoms with E-state index in [4.69, 9.17) is 4.74 Å². The first-order valence-electron chi connectivity index (χ1n) is 11.2. The fourth-order valence-corrected chi connectivity index (χ4v) is 3.95. The maximum atomic E-state index is 14.1. The molecule has 0 aliphatic carbocycles. The predicted molar refractivity (Wildman–Crippen MR) is 123 cm³/mol. The van der Waals surface area contributed by atoms with Gasteiger partial charge in [0.05, 0.1) is 7.11 Å². The van der Waals surface area contributed by atoms with Crippen LogP contribution in [0.5, 0.6) is 5.75 Å². The molecule has 1 unspecified atom stereocenters. The number of nitrogens with zero attached hydrogens (tertiary/aromatic N) is 1. The summed E-state index contributed by atoms with van der Waals surface area (Å²) in [6.45, 7) is 3.51. The number of benzene rings is 2. The van der Waals surface area contributed by atoms with Gasteiger partial charge < -0.3 is 20.3 Å². The van der Waals surface area contributed by atoms with Crippen LogP contribution in [0.1, 0.15) is 38.7 Å². The summed E-state index contributed by atoms with van der Waals surface area (Å²) in [5.41, 5.74) is 0.620. The number of amides is 3. The smallest absolute Gasteiger partial charge is 0.247 e. The first kappa shape index (κ1) is 25.1. The zero-order chi connectivity index (χ0) is 24.8. The average molecular weight is 474 g/mol. The summed E-state index contributed by atoms with van der Waals surface area (Å²) in [6.07, 6.45) is 0.607. The molecule has 2 aromatic carbocycles. The first-order chi connectivity index (χ1) is 16.2. The van der Waals surface area contributed by atoms with E-state index < -0.39 is 29.6 Å². The third kappa shape index (κ3) is 6.09. The monoisotopic (exact) mass is 473 g/mol. The van der Waals surface area contributed by atoms with Gasteiger partial charge in [0.25, 0.3) is 0 Å². The highest BCUT2D eigenvalue weighted by atomic mass is 19.2. The highest BCUT2D eigenvalue weighted by molar-refractivity contribution is 5.97. The molecule has 0 saturated carbocycles. The van der Waals surface area contributed by atoms with Crippen molar-refractivity contribution >= 4 is 23.4 Å². The Hall–Kier alpha value is -3.49. The van der Waals surface area contributed by atoms with Crippen molar-refractivity contribution in [3.05, 3.63) is 59.7 Å². The Kier molecular flexibility index (Phi) is 8.20. The van der Waals surface area contributed by atoms with Crippen LogP contribution >= 0.6 is 0 Å². The van der Waals surface area contributed by atoms with Gasteiger partial charge in [-0.1, -0.05) is 26.0 Å². The fraction of sp³-hybridized carbons (Fsp3) is 0.400. The van der Waals surface area contributed by atoms with Crippen molar-refractivity contribution in [3.63, 3.8) is 0 Å². The van der Waals surface area contributed by atoms with Crippen LogP contribution in [0.15, 0.2) is 42.5 Å². The van der Waals surface area contributed by atoms with Gasteiger partial charge in [0.1, 0.15) is 11.8 Å². The second-order valence-corrected chi connectivity index (χ2v) is 8.64. The van der Waals surface area contributed by atoms with Crippen molar-refractivity contribution in [1.82, 2.24) is 10.2 Å². The Balaban J connectivity index is 1.63. The number of hydrogen-bond acceptors (Lipinski definition) is 4. The molecule has 0 radical (unpaired) electrons. The van der Waals surface area contributed by atoms with Crippen LogP contribution in [0.25, 0.3) is 0 Å². The van der Waals surface area contributed by atoms with E-state index >= 15 is 0 Å². The minimum absolute atomic E-state index is 0.0400. The minimum atomic E-state index is -1.000. The molecule has 2 N–H and O–H groups in total. The molecule has 1 heterocycles. The predicted octanol–water partition coefficient (Wildman–Crippen LogP) is 3.63. The fourth-order valence-electron chi connectivity index (χ4n) is 3.95. The second kappa shape index (κ2) is 11.1. The maximum Gasteiger partial charge on any atom is 0.247 e. The largest absolute Gasteiger partial charge is 0.497 e. The van der Waals surface area contributed by atoms with Gasteiger partial charge in [-0.25, -0.2) is 8.78 Å². The Morgan fingerprint density at radius 2 is 1.85 bits per heavy atom. The third-order valence-electron chi connectivity index (χ3n) is 5.87. The van der Waals surface area contributed by atoms with Gasteiger partial charge in [0, 0.05) is 36.7 Å². The van der Waals surface area contributed by atoms with Crippen molar-refractivity contribution in [2.45, 2.75) is 51.7 Å². The van der Waals surface area contributed by atoms with Gasteiger partial charge in [-0.3, -0.25) is 14.4 Å². The van der Waals surface area contributed by atoms with E-state index in [1.54, 1.807) is 31.4 Å². The third-order valence-corrected chi connectivity index (χ3v) is 5.87. The molecule has 2 atom stereocenters. The Morgan fingerprint density at radius 3 is 2.50 bits per heavy atom. The molecule has 9 heteroatoms. The molecule has 7 nitrogen and oxygen atoms in total. The van der Waals surface area contributed by atoms with Crippen LogP contribution in [0, 0.1) is 17.6 Å². The van der Waals surface area contributed by atoms with E-state index in [1.165, 1.54) is 17.0 Å². The van der Waals surface area contributed by atoms with Gasteiger partial charge in [0.15, 0.2) is 11.6 Å². The number of nitrogens with one attached hydrogen (secondary N) is 2. The summed E-state index contributed by atoms with van der Waals surface area (Å²) in [5.74, 6) is -2.51. The number of anilines is 1. The number of likely N-dealkylation sites (tertiary alicyclic amines) is 1. The summed E-state index contributed by atoms with van der Waals surface area (Å²) in [6, 6.07) is 9.38. The van der Waals surface area contributed by atoms with E-state index in [9.17, 15) is 23.2 Å². The molecular formula is C25H29F2N3O4. The molecule has 3 rings (SSSR count). The van der Waals surface area contributed by atoms with E-state index in [0.717, 1.165) is 6.07 Å². The molecule has 2 aromatic rings. The lowest BCUT2D eigenvalue weighted by Crippen LogP contribution is -2.48. The van der Waals surface area contributed by atoms with E-state index in [-0.39, 0.29) is 42.7 Å². The van der Waals surface area contributed by atoms with Crippen LogP contribution in [-0.2, 0) is 20.9 Å². The first-order valence-corrected chi connectivity index (χ1v) is 11.2. The molecule has 1 aliphatic heterocycles. The van der Waals surface area contributed by atoms with Crippen molar-refractivity contribution in [1.29, 1.82) is 0 Å². The van der Waals surface area contributed by atoms with Gasteiger partial charge in [-0.15, -0.1) is 0 Å². The van der Waals surface area contributed by atoms with Gasteiger partial charge in [0.2, 0.25) is 17.7 Å². The van der Waals surface area contributed by atoms with Crippen LogP contribution in [0.3, 0.4) is 0 Å². The SMILES string of the molecule is COc1ccc(NC(=O)C(NC(=O)C[C@@H]2CCC(=O)N2Cc2cccc(F)c2F)C(C)C)cc1. The van der Waals surface area contributed by atoms with Gasteiger partial charge in [-0.2, -0.15) is 0 Å². The van der Waals surface area contributed by atoms with E-state index in [1.807, 2.05) is 13.8 Å². The number of carbonyl (C=O) groups excluding carboxylic acids is 3. The summed E-state index contributed by atoms with van der Waals surface area (Å²) in [4.78, 5) is 39.4. The van der Waals surface area contributed by atoms with Crippen LogP contribution in [-0.4, -0.2) is 41.8 Å². The maximum absolute atomic E-state index is 14.1. The number of carbonyl (C=O) groups is 3. The van der Waals surface area contributed by atoms with Crippen LogP contribution < -0.4 is 15.4 Å². The summed E-state index contributed by atoms with van der Waals surface area (Å²) in [5, 5.41) is 5.54. The standard InChI is InChI=1S/C25H29F2N3O4/c1-15(2)24(25(33)28-17-7-10-19(34-3)11-8-17)29-21(31)13-18-9-12-22(32)30(18)14-16-5-4-6-20(26)23(16)27/h4-8,10-11,15,18,24H,9,12-14H2,1-3H3,(H,28,33)(H,29,31)/t18-,24?/m0/s1. The quantitative estimate of drug-likeness (QED) is 0.582. The van der Waals surface area contributed by atoms with Crippen molar-refractivity contribution in [3.8, 4) is 5.75 Å². The van der Waals surface area contributed by atoms with E-state index in [2.05, 4.69) is 10.6 Å². The normalized spacial score (nSPS) is 16.5. The van der Waals surface area contributed by atoms with Crippen LogP contribution in [0.2, 0.25) is 0 Å². The summed E-state index contributed by atoms with van der Waals surface area (Å²) < 4.78 is 32.8. The Labute approximate surface area is 197 Å². The number of ether oxygens (including phenoxy) is 1. The van der Waals surface area contributed by atoms with Gasteiger partial charge in [-0.05, 0) is 42.7 Å². The molecule has 34 heavy (non-hydrogen) atoms. The zero-order valence-corrected chi connectivity index (χ0v) is 19.4. The zero-order valence-electron chi connectivity index (χ0n) is 19.4. The second-order valence-electron chi connectivity index (χ2n) is 8.64. The van der Waals surface area contributed by atoms with E-state index in [0.29, 0.717) is 17.9 Å². The van der Waals surface area contributed by atoms with Crippen molar-refractivity contribution in [2.24, 2.45) is 5.92 Å². The molecule has 0 bridgehead atoms. The molecule has 3 amide bonds. The lowest BCUT2D eigenvalue weighted by Gasteiger charge is -2.27. The Morgan fingerprint density at radius 1 is 1.15 bits per heavy atom. The average Bonchev–Trinajstić information content (AvgIpc) is 3.14.